The molecule has 0 radical (unpaired) electrons. The molecule has 8 heteroatoms. The van der Waals surface area contributed by atoms with E-state index in [2.05, 4.69) is 20.5 Å². The van der Waals surface area contributed by atoms with Gasteiger partial charge in [-0.1, -0.05) is 36.0 Å². The Hall–Kier alpha value is -3.00. The molecule has 4 N–H and O–H groups in total. The van der Waals surface area contributed by atoms with Crippen LogP contribution in [0.3, 0.4) is 0 Å². The molecule has 25 heavy (non-hydrogen) atoms. The number of aromatic amines is 1. The van der Waals surface area contributed by atoms with E-state index in [1.54, 1.807) is 25.3 Å². The van der Waals surface area contributed by atoms with Crippen LogP contribution in [-0.4, -0.2) is 28.2 Å². The number of ether oxygens (including phenoxy) is 1. The largest absolute Gasteiger partial charge is 0.495 e. The molecule has 0 fully saturated rings. The number of anilines is 2. The molecule has 0 aliphatic rings. The lowest BCUT2D eigenvalue weighted by atomic mass is 10.1. The molecule has 2 aromatic carbocycles. The lowest BCUT2D eigenvalue weighted by Crippen LogP contribution is -2.12. The van der Waals surface area contributed by atoms with E-state index in [9.17, 15) is 4.79 Å². The summed E-state index contributed by atoms with van der Waals surface area (Å²) in [6, 6.07) is 14.7. The van der Waals surface area contributed by atoms with E-state index >= 15 is 0 Å². The summed E-state index contributed by atoms with van der Waals surface area (Å²) < 4.78 is 5.25. The summed E-state index contributed by atoms with van der Waals surface area (Å²) in [5.74, 6) is 1.34. The van der Waals surface area contributed by atoms with Crippen LogP contribution in [0.2, 0.25) is 0 Å². The maximum absolute atomic E-state index is 12.5. The Morgan fingerprint density at radius 2 is 2.12 bits per heavy atom. The van der Waals surface area contributed by atoms with Crippen molar-refractivity contribution < 1.29 is 9.53 Å². The minimum Gasteiger partial charge on any atom is -0.495 e. The normalized spacial score (nSPS) is 10.4. The van der Waals surface area contributed by atoms with Crippen LogP contribution in [0.1, 0.15) is 15.9 Å². The zero-order valence-electron chi connectivity index (χ0n) is 13.5. The van der Waals surface area contributed by atoms with Gasteiger partial charge in [-0.15, -0.1) is 5.10 Å². The van der Waals surface area contributed by atoms with E-state index in [4.69, 9.17) is 10.5 Å². The number of nitrogens with one attached hydrogen (secondary N) is 2. The highest BCUT2D eigenvalue weighted by atomic mass is 32.2. The third-order valence-electron chi connectivity index (χ3n) is 3.39. The molecule has 0 unspecified atom stereocenters. The van der Waals surface area contributed by atoms with E-state index in [0.717, 1.165) is 5.56 Å². The van der Waals surface area contributed by atoms with E-state index in [0.29, 0.717) is 27.9 Å². The molecule has 3 rings (SSSR count). The van der Waals surface area contributed by atoms with E-state index in [1.807, 2.05) is 30.3 Å². The summed E-state index contributed by atoms with van der Waals surface area (Å²) in [5, 5.41) is 10.0. The van der Waals surface area contributed by atoms with Gasteiger partial charge in [-0.25, -0.2) is 5.10 Å². The van der Waals surface area contributed by atoms with E-state index in [1.165, 1.54) is 11.8 Å². The van der Waals surface area contributed by atoms with Crippen LogP contribution >= 0.6 is 11.8 Å². The average Bonchev–Trinajstić information content (AvgIpc) is 3.06. The van der Waals surface area contributed by atoms with Gasteiger partial charge in [0.1, 0.15) is 5.75 Å². The molecule has 0 saturated heterocycles. The second-order valence-corrected chi connectivity index (χ2v) is 6.09. The fraction of sp³-hybridized carbons (Fsp3) is 0.118. The zero-order valence-corrected chi connectivity index (χ0v) is 14.3. The third kappa shape index (κ3) is 4.30. The van der Waals surface area contributed by atoms with Crippen LogP contribution in [0.5, 0.6) is 5.75 Å². The van der Waals surface area contributed by atoms with Crippen LogP contribution in [0, 0.1) is 0 Å². The van der Waals surface area contributed by atoms with Crippen molar-refractivity contribution in [3.8, 4) is 5.75 Å². The first kappa shape index (κ1) is 16.8. The molecule has 0 spiro atoms. The Balaban J connectivity index is 1.68. The summed E-state index contributed by atoms with van der Waals surface area (Å²) in [6.07, 6.45) is 0. The Labute approximate surface area is 149 Å². The molecule has 3 aromatic rings. The van der Waals surface area contributed by atoms with Gasteiger partial charge in [-0.2, -0.15) is 4.98 Å². The first-order valence-electron chi connectivity index (χ1n) is 7.49. The summed E-state index contributed by atoms with van der Waals surface area (Å²) >= 11 is 1.44. The number of carbonyl (C=O) groups is 1. The molecule has 0 saturated carbocycles. The molecule has 1 heterocycles. The molecule has 0 aliphatic heterocycles. The number of nitrogens with two attached hydrogens (primary N) is 1. The summed E-state index contributed by atoms with van der Waals surface area (Å²) in [4.78, 5) is 16.5. The van der Waals surface area contributed by atoms with Crippen molar-refractivity contribution in [3.63, 3.8) is 0 Å². The SMILES string of the molecule is COc1ccccc1NC(=O)c1cccc(CSc2n[nH]c(N)n2)c1. The predicted octanol–water partition coefficient (Wildman–Crippen LogP) is 2.94. The zero-order chi connectivity index (χ0) is 17.6. The minimum atomic E-state index is -0.196. The molecule has 1 aromatic heterocycles. The van der Waals surface area contributed by atoms with Crippen molar-refractivity contribution in [2.45, 2.75) is 10.9 Å². The van der Waals surface area contributed by atoms with Crippen molar-refractivity contribution >= 4 is 29.3 Å². The van der Waals surface area contributed by atoms with Gasteiger partial charge >= 0.3 is 0 Å². The molecule has 0 atom stereocenters. The molecule has 0 bridgehead atoms. The number of rotatable bonds is 6. The number of nitrogens with zero attached hydrogens (tertiary/aromatic N) is 2. The molecule has 7 nitrogen and oxygen atoms in total. The monoisotopic (exact) mass is 355 g/mol. The van der Waals surface area contributed by atoms with Gasteiger partial charge < -0.3 is 15.8 Å². The Bertz CT molecular complexity index is 881. The third-order valence-corrected chi connectivity index (χ3v) is 4.31. The fourth-order valence-electron chi connectivity index (χ4n) is 2.22. The fourth-order valence-corrected chi connectivity index (χ4v) is 2.96. The standard InChI is InChI=1S/C17H17N5O2S/c1-24-14-8-3-2-7-13(14)19-15(23)12-6-4-5-11(9-12)10-25-17-20-16(18)21-22-17/h2-9H,10H2,1H3,(H,19,23)(H3,18,20,21,22). The van der Waals surface area contributed by atoms with Gasteiger partial charge in [-0.3, -0.25) is 4.79 Å². The smallest absolute Gasteiger partial charge is 0.255 e. The summed E-state index contributed by atoms with van der Waals surface area (Å²) in [7, 11) is 1.57. The van der Waals surface area contributed by atoms with Gasteiger partial charge in [0.15, 0.2) is 0 Å². The van der Waals surface area contributed by atoms with Gasteiger partial charge in [0.2, 0.25) is 11.1 Å². The van der Waals surface area contributed by atoms with Crippen molar-refractivity contribution in [2.24, 2.45) is 0 Å². The van der Waals surface area contributed by atoms with Crippen molar-refractivity contribution in [1.29, 1.82) is 0 Å². The minimum absolute atomic E-state index is 0.196. The Kier molecular flexibility index (Phi) is 5.20. The van der Waals surface area contributed by atoms with Crippen LogP contribution < -0.4 is 15.8 Å². The van der Waals surface area contributed by atoms with Crippen molar-refractivity contribution in [2.75, 3.05) is 18.2 Å². The number of para-hydroxylation sites is 2. The number of amides is 1. The number of methoxy groups -OCH3 is 1. The summed E-state index contributed by atoms with van der Waals surface area (Å²) in [6.45, 7) is 0. The first-order chi connectivity index (χ1) is 12.2. The quantitative estimate of drug-likeness (QED) is 0.587. The topological polar surface area (TPSA) is 106 Å². The second-order valence-electron chi connectivity index (χ2n) is 5.15. The number of hydrogen-bond donors (Lipinski definition) is 3. The van der Waals surface area contributed by atoms with Crippen molar-refractivity contribution in [3.05, 3.63) is 59.7 Å². The second kappa shape index (κ2) is 7.71. The maximum Gasteiger partial charge on any atom is 0.255 e. The molecular formula is C17H17N5O2S. The average molecular weight is 355 g/mol. The van der Waals surface area contributed by atoms with Gasteiger partial charge in [0.05, 0.1) is 12.8 Å². The van der Waals surface area contributed by atoms with Gasteiger partial charge in [-0.05, 0) is 29.8 Å². The Morgan fingerprint density at radius 3 is 2.88 bits per heavy atom. The van der Waals surface area contributed by atoms with Gasteiger partial charge in [0.25, 0.3) is 5.91 Å². The number of carbonyl (C=O) groups excluding carboxylic acids is 1. The molecule has 128 valence electrons. The number of hydrogen-bond acceptors (Lipinski definition) is 6. The van der Waals surface area contributed by atoms with Crippen LogP contribution in [-0.2, 0) is 5.75 Å². The predicted molar refractivity (Wildman–Crippen MR) is 97.7 cm³/mol. The highest BCUT2D eigenvalue weighted by molar-refractivity contribution is 7.98. The molecular weight excluding hydrogens is 338 g/mol. The molecule has 0 aliphatic carbocycles. The van der Waals surface area contributed by atoms with Crippen LogP contribution in [0.4, 0.5) is 11.6 Å². The number of benzene rings is 2. The number of nitrogen functional groups attached to an aromatic ring is 1. The number of aromatic nitrogens is 3. The Morgan fingerprint density at radius 1 is 1.28 bits per heavy atom. The van der Waals surface area contributed by atoms with Gasteiger partial charge in [0, 0.05) is 11.3 Å². The lowest BCUT2D eigenvalue weighted by Gasteiger charge is -2.10. The van der Waals surface area contributed by atoms with E-state index < -0.39 is 0 Å². The lowest BCUT2D eigenvalue weighted by molar-refractivity contribution is 0.102. The highest BCUT2D eigenvalue weighted by Crippen LogP contribution is 2.24. The van der Waals surface area contributed by atoms with E-state index in [-0.39, 0.29) is 11.9 Å². The van der Waals surface area contributed by atoms with Crippen LogP contribution in [0.15, 0.2) is 53.7 Å². The maximum atomic E-state index is 12.5. The van der Waals surface area contributed by atoms with Crippen LogP contribution in [0.25, 0.3) is 0 Å². The molecule has 1 amide bonds. The number of thioether (sulfide) groups is 1. The first-order valence-corrected chi connectivity index (χ1v) is 8.48. The number of H-pyrrole nitrogens is 1. The highest BCUT2D eigenvalue weighted by Gasteiger charge is 2.10. The summed E-state index contributed by atoms with van der Waals surface area (Å²) in [5.41, 5.74) is 7.69. The van der Waals surface area contributed by atoms with Crippen molar-refractivity contribution in [1.82, 2.24) is 15.2 Å².